The summed E-state index contributed by atoms with van der Waals surface area (Å²) in [4.78, 5) is 16.1. The van der Waals surface area contributed by atoms with Crippen molar-refractivity contribution in [1.82, 2.24) is 14.9 Å². The molecule has 5 rings (SSSR count). The fourth-order valence-electron chi connectivity index (χ4n) is 4.41. The van der Waals surface area contributed by atoms with Gasteiger partial charge in [-0.1, -0.05) is 54.6 Å². The third-order valence-electron chi connectivity index (χ3n) is 6.71. The van der Waals surface area contributed by atoms with Gasteiger partial charge < -0.3 is 14.1 Å². The number of ether oxygens (including phenoxy) is 1. The van der Waals surface area contributed by atoms with Crippen LogP contribution in [0.25, 0.3) is 11.5 Å². The van der Waals surface area contributed by atoms with Crippen molar-refractivity contribution in [3.63, 3.8) is 0 Å². The first-order chi connectivity index (χ1) is 19.0. The molecule has 0 saturated heterocycles. The molecule has 4 aromatic rings. The highest BCUT2D eigenvalue weighted by atomic mass is 32.2. The summed E-state index contributed by atoms with van der Waals surface area (Å²) in [5.41, 5.74) is 2.97. The van der Waals surface area contributed by atoms with Crippen molar-refractivity contribution < 1.29 is 22.4 Å². The molecular weight excluding hydrogens is 548 g/mol. The minimum absolute atomic E-state index is 0.137. The number of sulfonamides is 1. The normalized spacial score (nSPS) is 17.2. The Morgan fingerprint density at radius 2 is 1.73 bits per heavy atom. The Hall–Kier alpha value is -3.67. The molecule has 0 saturated carbocycles. The van der Waals surface area contributed by atoms with Crippen molar-refractivity contribution >= 4 is 33.4 Å². The average Bonchev–Trinajstić information content (AvgIpc) is 3.50. The quantitative estimate of drug-likeness (QED) is 0.295. The Balaban J connectivity index is 1.57. The number of anilines is 1. The third-order valence-corrected chi connectivity index (χ3v) is 10.1. The molecule has 1 atom stereocenters. The molecule has 1 aliphatic heterocycles. The van der Waals surface area contributed by atoms with Crippen LogP contribution in [0.3, 0.4) is 0 Å². The van der Waals surface area contributed by atoms with Crippen LogP contribution in [0.15, 0.2) is 88.5 Å². The number of para-hydroxylation sites is 1. The minimum Gasteiger partial charge on any atom is -0.497 e. The van der Waals surface area contributed by atoms with Gasteiger partial charge in [-0.15, -0.1) is 10.2 Å². The predicted octanol–water partition coefficient (Wildman–Crippen LogP) is 5.00. The Kier molecular flexibility index (Phi) is 7.47. The third kappa shape index (κ3) is 5.24. The molecule has 0 radical (unpaired) electrons. The molecule has 0 bridgehead atoms. The molecule has 2 heterocycles. The molecule has 1 amide bonds. The molecule has 1 unspecified atom stereocenters. The van der Waals surface area contributed by atoms with Gasteiger partial charge in [0.25, 0.3) is 5.22 Å². The molecule has 1 aliphatic rings. The van der Waals surface area contributed by atoms with E-state index in [4.69, 9.17) is 9.15 Å². The number of amides is 1. The van der Waals surface area contributed by atoms with Crippen LogP contribution in [0.5, 0.6) is 5.75 Å². The van der Waals surface area contributed by atoms with E-state index in [9.17, 15) is 13.2 Å². The van der Waals surface area contributed by atoms with Gasteiger partial charge in [-0.3, -0.25) is 4.79 Å². The minimum atomic E-state index is -3.78. The zero-order chi connectivity index (χ0) is 28.5. The van der Waals surface area contributed by atoms with Crippen LogP contribution in [0.1, 0.15) is 31.9 Å². The fraction of sp³-hybridized carbons (Fsp3) is 0.276. The highest BCUT2D eigenvalue weighted by Crippen LogP contribution is 2.51. The van der Waals surface area contributed by atoms with Crippen molar-refractivity contribution in [2.24, 2.45) is 0 Å². The second kappa shape index (κ2) is 10.7. The zero-order valence-corrected chi connectivity index (χ0v) is 24.3. The summed E-state index contributed by atoms with van der Waals surface area (Å²) in [6.45, 7) is 4.96. The van der Waals surface area contributed by atoms with Gasteiger partial charge in [-0.25, -0.2) is 13.1 Å². The van der Waals surface area contributed by atoms with Crippen LogP contribution in [0, 0.1) is 0 Å². The summed E-state index contributed by atoms with van der Waals surface area (Å²) in [6.07, 6.45) is 0. The van der Waals surface area contributed by atoms with Gasteiger partial charge in [0.1, 0.15) is 10.5 Å². The van der Waals surface area contributed by atoms with E-state index in [0.717, 1.165) is 17.3 Å². The summed E-state index contributed by atoms with van der Waals surface area (Å²) < 4.78 is 37.8. The number of benzene rings is 3. The van der Waals surface area contributed by atoms with E-state index in [1.165, 1.54) is 0 Å². The number of aromatic nitrogens is 2. The van der Waals surface area contributed by atoms with Crippen molar-refractivity contribution in [2.75, 3.05) is 18.6 Å². The van der Waals surface area contributed by atoms with Crippen LogP contribution in [-0.4, -0.2) is 42.9 Å². The highest BCUT2D eigenvalue weighted by Gasteiger charge is 2.53. The van der Waals surface area contributed by atoms with E-state index in [1.54, 1.807) is 44.9 Å². The predicted molar refractivity (Wildman–Crippen MR) is 155 cm³/mol. The summed E-state index contributed by atoms with van der Waals surface area (Å²) in [7, 11) is -2.21. The van der Waals surface area contributed by atoms with Gasteiger partial charge >= 0.3 is 0 Å². The smallest absolute Gasteiger partial charge is 0.278 e. The summed E-state index contributed by atoms with van der Waals surface area (Å²) in [5.74, 6) is 0.612. The maximum absolute atomic E-state index is 14.4. The van der Waals surface area contributed by atoms with Gasteiger partial charge in [-0.05, 0) is 62.4 Å². The summed E-state index contributed by atoms with van der Waals surface area (Å²) in [5, 5.41) is 8.55. The van der Waals surface area contributed by atoms with E-state index in [-0.39, 0.29) is 23.6 Å². The number of carbonyl (C=O) groups is 1. The SMILES string of the molecule is COc1cccc(-c2nnc(SC3(CNS(=O)(=O)C(C)(C)C)C(=O)N(Cc4ccccc4)c4ccccc43)o2)c1. The van der Waals surface area contributed by atoms with Crippen LogP contribution < -0.4 is 14.4 Å². The molecule has 1 aromatic heterocycles. The number of hydrogen-bond donors (Lipinski definition) is 1. The van der Waals surface area contributed by atoms with Gasteiger partial charge in [0.05, 0.1) is 18.4 Å². The molecule has 1 N–H and O–H groups in total. The lowest BCUT2D eigenvalue weighted by Crippen LogP contribution is -2.49. The standard InChI is InChI=1S/C29H30N4O5S2/c1-28(2,3)40(35,36)30-19-29(39-27-32-31-25(38-27)21-13-10-14-22(17-21)37-4)23-15-8-9-16-24(23)33(26(29)34)18-20-11-6-5-7-12-20/h5-17,30H,18-19H2,1-4H3. The number of hydrogen-bond acceptors (Lipinski definition) is 8. The molecule has 208 valence electrons. The number of carbonyl (C=O) groups excluding carboxylic acids is 1. The number of fused-ring (bicyclic) bond motifs is 1. The lowest BCUT2D eigenvalue weighted by atomic mass is 10.00. The van der Waals surface area contributed by atoms with Crippen LogP contribution in [-0.2, 0) is 26.1 Å². The largest absolute Gasteiger partial charge is 0.497 e. The van der Waals surface area contributed by atoms with Crippen molar-refractivity contribution in [2.45, 2.75) is 42.0 Å². The lowest BCUT2D eigenvalue weighted by Gasteiger charge is -2.29. The highest BCUT2D eigenvalue weighted by molar-refractivity contribution is 8.01. The van der Waals surface area contributed by atoms with Gasteiger partial charge in [0.15, 0.2) is 0 Å². The van der Waals surface area contributed by atoms with Gasteiger partial charge in [-0.2, -0.15) is 0 Å². The maximum atomic E-state index is 14.4. The molecule has 0 spiro atoms. The summed E-state index contributed by atoms with van der Waals surface area (Å²) >= 11 is 1.05. The molecule has 11 heteroatoms. The van der Waals surface area contributed by atoms with E-state index in [1.807, 2.05) is 66.7 Å². The second-order valence-corrected chi connectivity index (χ2v) is 14.1. The maximum Gasteiger partial charge on any atom is 0.278 e. The van der Waals surface area contributed by atoms with Gasteiger partial charge in [0.2, 0.25) is 21.8 Å². The molecule has 9 nitrogen and oxygen atoms in total. The fourth-order valence-corrected chi connectivity index (χ4v) is 6.46. The van der Waals surface area contributed by atoms with Crippen LogP contribution in [0.4, 0.5) is 5.69 Å². The number of methoxy groups -OCH3 is 1. The molecule has 3 aromatic carbocycles. The number of nitrogens with zero attached hydrogens (tertiary/aromatic N) is 3. The van der Waals surface area contributed by atoms with E-state index in [2.05, 4.69) is 14.9 Å². The first kappa shape index (κ1) is 27.9. The topological polar surface area (TPSA) is 115 Å². The Labute approximate surface area is 238 Å². The first-order valence-electron chi connectivity index (χ1n) is 12.7. The van der Waals surface area contributed by atoms with E-state index < -0.39 is 19.5 Å². The van der Waals surface area contributed by atoms with Crippen molar-refractivity contribution in [3.8, 4) is 17.2 Å². The Morgan fingerprint density at radius 3 is 2.45 bits per heavy atom. The first-order valence-corrected chi connectivity index (χ1v) is 15.0. The molecule has 0 aliphatic carbocycles. The second-order valence-electron chi connectivity index (χ2n) is 10.4. The van der Waals surface area contributed by atoms with Crippen molar-refractivity contribution in [1.29, 1.82) is 0 Å². The monoisotopic (exact) mass is 578 g/mol. The zero-order valence-electron chi connectivity index (χ0n) is 22.6. The average molecular weight is 579 g/mol. The Morgan fingerprint density at radius 1 is 1.00 bits per heavy atom. The summed E-state index contributed by atoms with van der Waals surface area (Å²) in [6, 6.07) is 24.3. The lowest BCUT2D eigenvalue weighted by molar-refractivity contribution is -0.120. The molecule has 40 heavy (non-hydrogen) atoms. The van der Waals surface area contributed by atoms with Crippen LogP contribution >= 0.6 is 11.8 Å². The van der Waals surface area contributed by atoms with E-state index >= 15 is 0 Å². The van der Waals surface area contributed by atoms with E-state index in [0.29, 0.717) is 29.1 Å². The van der Waals surface area contributed by atoms with Gasteiger partial charge in [0, 0.05) is 23.4 Å². The number of rotatable bonds is 9. The van der Waals surface area contributed by atoms with Crippen LogP contribution in [0.2, 0.25) is 0 Å². The van der Waals surface area contributed by atoms with Crippen molar-refractivity contribution in [3.05, 3.63) is 90.0 Å². The number of nitrogens with one attached hydrogen (secondary N) is 1. The molecular formula is C29H30N4O5S2. The Bertz CT molecular complexity index is 1630. The number of thioether (sulfide) groups is 1. The molecule has 0 fully saturated rings.